The summed E-state index contributed by atoms with van der Waals surface area (Å²) in [5, 5.41) is 3.39. The van der Waals surface area contributed by atoms with E-state index in [2.05, 4.69) is 53.3 Å². The van der Waals surface area contributed by atoms with Gasteiger partial charge in [0.2, 0.25) is 0 Å². The summed E-state index contributed by atoms with van der Waals surface area (Å²) in [5.41, 5.74) is 2.71. The highest BCUT2D eigenvalue weighted by atomic mass is 127. The number of aryl methyl sites for hydroxylation is 1. The maximum absolute atomic E-state index is 12.2. The molecule has 1 aliphatic rings. The number of nitrogens with one attached hydrogen (secondary N) is 1. The number of sulfone groups is 1. The molecule has 1 aromatic rings. The normalized spacial score (nSPS) is 18.9. The maximum Gasteiger partial charge on any atom is 0.193 e. The van der Waals surface area contributed by atoms with E-state index >= 15 is 0 Å². The number of hydrogen-bond donors (Lipinski definition) is 1. The van der Waals surface area contributed by atoms with Gasteiger partial charge in [-0.2, -0.15) is 0 Å². The fourth-order valence-corrected chi connectivity index (χ4v) is 4.58. The smallest absolute Gasteiger partial charge is 0.193 e. The molecule has 0 bridgehead atoms. The van der Waals surface area contributed by atoms with Crippen LogP contribution in [0.5, 0.6) is 0 Å². The van der Waals surface area contributed by atoms with Gasteiger partial charge in [0, 0.05) is 26.7 Å². The molecule has 1 saturated heterocycles. The summed E-state index contributed by atoms with van der Waals surface area (Å²) in [6.45, 7) is 9.80. The lowest BCUT2D eigenvalue weighted by atomic mass is 10.0. The highest BCUT2D eigenvalue weighted by molar-refractivity contribution is 14.0. The molecular formula is C20H34IN3O2S. The van der Waals surface area contributed by atoms with Crippen LogP contribution in [0.25, 0.3) is 0 Å². The number of guanidine groups is 1. The molecule has 27 heavy (non-hydrogen) atoms. The molecule has 1 aromatic carbocycles. The van der Waals surface area contributed by atoms with Crippen LogP contribution in [0.1, 0.15) is 51.2 Å². The first-order valence-electron chi connectivity index (χ1n) is 9.43. The van der Waals surface area contributed by atoms with Crippen LogP contribution in [-0.4, -0.2) is 56.5 Å². The second kappa shape index (κ2) is 10.1. The fraction of sp³-hybridized carbons (Fsp3) is 0.650. The van der Waals surface area contributed by atoms with Crippen molar-refractivity contribution >= 4 is 39.8 Å². The molecular weight excluding hydrogens is 473 g/mol. The minimum atomic E-state index is -3.03. The quantitative estimate of drug-likeness (QED) is 0.287. The minimum absolute atomic E-state index is 0. The van der Waals surface area contributed by atoms with Gasteiger partial charge in [-0.25, -0.2) is 8.42 Å². The van der Waals surface area contributed by atoms with Crippen LogP contribution in [-0.2, 0) is 16.3 Å². The molecule has 1 N–H and O–H groups in total. The molecule has 0 aliphatic carbocycles. The van der Waals surface area contributed by atoms with E-state index in [4.69, 9.17) is 0 Å². The van der Waals surface area contributed by atoms with Crippen molar-refractivity contribution in [2.24, 2.45) is 4.99 Å². The van der Waals surface area contributed by atoms with E-state index in [1.807, 2.05) is 0 Å². The first-order valence-corrected chi connectivity index (χ1v) is 11.1. The van der Waals surface area contributed by atoms with Gasteiger partial charge in [0.25, 0.3) is 0 Å². The molecule has 0 aromatic heterocycles. The third-order valence-corrected chi connectivity index (χ3v) is 7.66. The second-order valence-corrected chi connectivity index (χ2v) is 10.7. The van der Waals surface area contributed by atoms with Crippen LogP contribution in [0, 0.1) is 0 Å². The van der Waals surface area contributed by atoms with Crippen molar-refractivity contribution in [3.63, 3.8) is 0 Å². The lowest BCUT2D eigenvalue weighted by Gasteiger charge is -2.39. The number of benzene rings is 1. The van der Waals surface area contributed by atoms with E-state index in [-0.39, 0.29) is 29.7 Å². The number of nitrogens with zero attached hydrogens (tertiary/aromatic N) is 2. The number of halogens is 1. The van der Waals surface area contributed by atoms with Crippen molar-refractivity contribution in [2.45, 2.75) is 51.2 Å². The standard InChI is InChI=1S/C20H33N3O2S.HI/c1-16(2)18-10-8-17(9-11-18)7-6-12-22-19(21-5)23-13-14-26(24,25)20(3,4)15-23;/h8-11,16H,6-7,12-15H2,1-5H3,(H,21,22);1H. The van der Waals surface area contributed by atoms with E-state index < -0.39 is 14.6 Å². The molecule has 0 atom stereocenters. The maximum atomic E-state index is 12.2. The Kier molecular flexibility index (Phi) is 9.05. The second-order valence-electron chi connectivity index (χ2n) is 7.97. The average molecular weight is 507 g/mol. The summed E-state index contributed by atoms with van der Waals surface area (Å²) < 4.78 is 23.6. The largest absolute Gasteiger partial charge is 0.356 e. The lowest BCUT2D eigenvalue weighted by molar-refractivity contribution is 0.353. The average Bonchev–Trinajstić information content (AvgIpc) is 2.58. The van der Waals surface area contributed by atoms with Crippen LogP contribution >= 0.6 is 24.0 Å². The van der Waals surface area contributed by atoms with Crippen molar-refractivity contribution in [3.05, 3.63) is 35.4 Å². The van der Waals surface area contributed by atoms with Gasteiger partial charge in [-0.15, -0.1) is 24.0 Å². The summed E-state index contributed by atoms with van der Waals surface area (Å²) in [4.78, 5) is 6.39. The first-order chi connectivity index (χ1) is 12.2. The minimum Gasteiger partial charge on any atom is -0.356 e. The summed E-state index contributed by atoms with van der Waals surface area (Å²) in [5.74, 6) is 1.54. The fourth-order valence-electron chi connectivity index (χ4n) is 3.22. The van der Waals surface area contributed by atoms with E-state index in [1.54, 1.807) is 20.9 Å². The van der Waals surface area contributed by atoms with Crippen molar-refractivity contribution in [2.75, 3.05) is 32.4 Å². The van der Waals surface area contributed by atoms with Crippen LogP contribution in [0.3, 0.4) is 0 Å². The highest BCUT2D eigenvalue weighted by Crippen LogP contribution is 2.23. The van der Waals surface area contributed by atoms with Crippen molar-refractivity contribution in [1.82, 2.24) is 10.2 Å². The summed E-state index contributed by atoms with van der Waals surface area (Å²) in [7, 11) is -1.28. The Bertz CT molecular complexity index is 728. The van der Waals surface area contributed by atoms with Gasteiger partial charge in [-0.05, 0) is 43.7 Å². The Balaban J connectivity index is 0.00000364. The zero-order valence-corrected chi connectivity index (χ0v) is 20.3. The molecule has 5 nitrogen and oxygen atoms in total. The molecule has 0 spiro atoms. The predicted molar refractivity (Wildman–Crippen MR) is 125 cm³/mol. The van der Waals surface area contributed by atoms with Crippen LogP contribution in [0.2, 0.25) is 0 Å². The van der Waals surface area contributed by atoms with E-state index in [9.17, 15) is 8.42 Å². The number of rotatable bonds is 5. The van der Waals surface area contributed by atoms with Gasteiger partial charge in [-0.3, -0.25) is 4.99 Å². The zero-order chi connectivity index (χ0) is 19.4. The summed E-state index contributed by atoms with van der Waals surface area (Å²) >= 11 is 0. The number of aliphatic imine (C=N–C) groups is 1. The predicted octanol–water partition coefficient (Wildman–Crippen LogP) is 3.45. The Morgan fingerprint density at radius 2 is 1.89 bits per heavy atom. The summed E-state index contributed by atoms with van der Waals surface area (Å²) in [6.07, 6.45) is 2.03. The SMILES string of the molecule is CN=C(NCCCc1ccc(C(C)C)cc1)N1CCS(=O)(=O)C(C)(C)C1.I. The molecule has 1 fully saturated rings. The Hall–Kier alpha value is -0.830. The summed E-state index contributed by atoms with van der Waals surface area (Å²) in [6, 6.07) is 8.84. The molecule has 0 saturated carbocycles. The van der Waals surface area contributed by atoms with Crippen LogP contribution in [0.4, 0.5) is 0 Å². The molecule has 0 unspecified atom stereocenters. The van der Waals surface area contributed by atoms with Crippen molar-refractivity contribution in [3.8, 4) is 0 Å². The monoisotopic (exact) mass is 507 g/mol. The Morgan fingerprint density at radius 1 is 1.26 bits per heavy atom. The van der Waals surface area contributed by atoms with Gasteiger partial charge < -0.3 is 10.2 Å². The molecule has 0 radical (unpaired) electrons. The van der Waals surface area contributed by atoms with Crippen LogP contribution < -0.4 is 5.32 Å². The zero-order valence-electron chi connectivity index (χ0n) is 17.2. The molecule has 154 valence electrons. The molecule has 7 heteroatoms. The van der Waals surface area contributed by atoms with Crippen molar-refractivity contribution < 1.29 is 8.42 Å². The van der Waals surface area contributed by atoms with Crippen molar-refractivity contribution in [1.29, 1.82) is 0 Å². The van der Waals surface area contributed by atoms with Gasteiger partial charge in [0.05, 0.1) is 10.5 Å². The Labute approximate surface area is 182 Å². The third-order valence-electron chi connectivity index (χ3n) is 5.13. The lowest BCUT2D eigenvalue weighted by Crippen LogP contribution is -2.57. The first kappa shape index (κ1) is 24.2. The topological polar surface area (TPSA) is 61.8 Å². The molecule has 2 rings (SSSR count). The number of hydrogen-bond acceptors (Lipinski definition) is 3. The van der Waals surface area contributed by atoms with E-state index in [0.29, 0.717) is 19.0 Å². The van der Waals surface area contributed by atoms with Crippen LogP contribution in [0.15, 0.2) is 29.3 Å². The Morgan fingerprint density at radius 3 is 2.41 bits per heavy atom. The van der Waals surface area contributed by atoms with Gasteiger partial charge in [0.1, 0.15) is 0 Å². The van der Waals surface area contributed by atoms with Gasteiger partial charge in [0.15, 0.2) is 15.8 Å². The molecule has 1 aliphatic heterocycles. The van der Waals surface area contributed by atoms with Gasteiger partial charge in [-0.1, -0.05) is 38.1 Å². The third kappa shape index (κ3) is 6.34. The van der Waals surface area contributed by atoms with E-state index in [1.165, 1.54) is 11.1 Å². The molecule has 0 amide bonds. The van der Waals surface area contributed by atoms with E-state index in [0.717, 1.165) is 25.3 Å². The molecule has 1 heterocycles. The highest BCUT2D eigenvalue weighted by Gasteiger charge is 2.40. The van der Waals surface area contributed by atoms with Gasteiger partial charge >= 0.3 is 0 Å².